The second-order valence-electron chi connectivity index (χ2n) is 5.42. The predicted octanol–water partition coefficient (Wildman–Crippen LogP) is 2.47. The summed E-state index contributed by atoms with van der Waals surface area (Å²) in [6.45, 7) is -0.0782. The highest BCUT2D eigenvalue weighted by atomic mass is 16.5. The summed E-state index contributed by atoms with van der Waals surface area (Å²) in [6.07, 6.45) is 0.568. The fourth-order valence-electron chi connectivity index (χ4n) is 2.47. The molecule has 132 valence electrons. The van der Waals surface area contributed by atoms with Gasteiger partial charge in [-0.3, -0.25) is 9.59 Å². The predicted molar refractivity (Wildman–Crippen MR) is 93.2 cm³/mol. The number of amides is 1. The van der Waals surface area contributed by atoms with E-state index in [1.807, 2.05) is 30.3 Å². The molecular weight excluding hydrogens is 322 g/mol. The fraction of sp³-hybridized carbons (Fsp3) is 0.263. The van der Waals surface area contributed by atoms with Crippen LogP contribution in [0.4, 0.5) is 0 Å². The maximum absolute atomic E-state index is 12.8. The molecule has 0 aliphatic heterocycles. The number of hydrogen-bond donors (Lipinski definition) is 1. The lowest BCUT2D eigenvalue weighted by Gasteiger charge is -2.22. The van der Waals surface area contributed by atoms with Crippen molar-refractivity contribution in [2.24, 2.45) is 0 Å². The van der Waals surface area contributed by atoms with Crippen molar-refractivity contribution in [3.05, 3.63) is 59.7 Å². The fourth-order valence-corrected chi connectivity index (χ4v) is 2.47. The molecule has 2 aromatic carbocycles. The molecule has 0 atom stereocenters. The van der Waals surface area contributed by atoms with Gasteiger partial charge in [0, 0.05) is 12.6 Å². The molecule has 0 saturated carbocycles. The maximum atomic E-state index is 12.8. The van der Waals surface area contributed by atoms with E-state index in [0.29, 0.717) is 30.0 Å². The average molecular weight is 343 g/mol. The summed E-state index contributed by atoms with van der Waals surface area (Å²) >= 11 is 0. The monoisotopic (exact) mass is 343 g/mol. The number of carboxylic acid groups (broad SMARTS) is 1. The molecule has 0 aromatic heterocycles. The molecule has 6 heteroatoms. The summed E-state index contributed by atoms with van der Waals surface area (Å²) in [5.74, 6) is -0.548. The van der Waals surface area contributed by atoms with Crippen LogP contribution < -0.4 is 9.47 Å². The van der Waals surface area contributed by atoms with Crippen molar-refractivity contribution in [3.63, 3.8) is 0 Å². The Hall–Kier alpha value is -3.02. The Labute approximate surface area is 146 Å². The highest BCUT2D eigenvalue weighted by Crippen LogP contribution is 2.25. The number of carbonyl (C=O) groups excluding carboxylic acids is 1. The first-order valence-corrected chi connectivity index (χ1v) is 7.82. The normalized spacial score (nSPS) is 10.2. The SMILES string of the molecule is COc1ccc(C(=O)N(CCc2ccccc2)CC(=O)O)c(OC)c1. The smallest absolute Gasteiger partial charge is 0.323 e. The number of ether oxygens (including phenoxy) is 2. The topological polar surface area (TPSA) is 76.1 Å². The molecule has 0 unspecified atom stereocenters. The third-order valence-electron chi connectivity index (χ3n) is 3.77. The van der Waals surface area contributed by atoms with Crippen molar-refractivity contribution in [3.8, 4) is 11.5 Å². The molecule has 0 heterocycles. The van der Waals surface area contributed by atoms with Crippen LogP contribution in [0.15, 0.2) is 48.5 Å². The molecular formula is C19H21NO5. The number of benzene rings is 2. The highest BCUT2D eigenvalue weighted by Gasteiger charge is 2.22. The van der Waals surface area contributed by atoms with Gasteiger partial charge in [-0.25, -0.2) is 0 Å². The van der Waals surface area contributed by atoms with Gasteiger partial charge in [0.05, 0.1) is 19.8 Å². The van der Waals surface area contributed by atoms with Crippen LogP contribution in [0.3, 0.4) is 0 Å². The van der Waals surface area contributed by atoms with Crippen LogP contribution in [0, 0.1) is 0 Å². The number of aliphatic carboxylic acids is 1. The second kappa shape index (κ2) is 8.73. The Bertz CT molecular complexity index is 730. The summed E-state index contributed by atoms with van der Waals surface area (Å²) in [6, 6.07) is 14.4. The number of hydrogen-bond acceptors (Lipinski definition) is 4. The second-order valence-corrected chi connectivity index (χ2v) is 5.42. The van der Waals surface area contributed by atoms with Gasteiger partial charge >= 0.3 is 5.97 Å². The van der Waals surface area contributed by atoms with E-state index in [2.05, 4.69) is 0 Å². The van der Waals surface area contributed by atoms with E-state index in [9.17, 15) is 9.59 Å². The van der Waals surface area contributed by atoms with Gasteiger partial charge in [-0.2, -0.15) is 0 Å². The van der Waals surface area contributed by atoms with Crippen molar-refractivity contribution in [1.82, 2.24) is 4.90 Å². The van der Waals surface area contributed by atoms with E-state index < -0.39 is 11.9 Å². The average Bonchev–Trinajstić information content (AvgIpc) is 2.64. The molecule has 0 aliphatic carbocycles. The van der Waals surface area contributed by atoms with Crippen molar-refractivity contribution in [2.45, 2.75) is 6.42 Å². The minimum absolute atomic E-state index is 0.296. The van der Waals surface area contributed by atoms with Crippen molar-refractivity contribution >= 4 is 11.9 Å². The van der Waals surface area contributed by atoms with Crippen LogP contribution in [-0.2, 0) is 11.2 Å². The van der Waals surface area contributed by atoms with Gasteiger partial charge in [0.15, 0.2) is 0 Å². The van der Waals surface area contributed by atoms with E-state index in [0.717, 1.165) is 5.56 Å². The van der Waals surface area contributed by atoms with Gasteiger partial charge in [0.25, 0.3) is 5.91 Å². The zero-order chi connectivity index (χ0) is 18.2. The van der Waals surface area contributed by atoms with Crippen LogP contribution in [0.5, 0.6) is 11.5 Å². The molecule has 2 aromatic rings. The molecule has 0 aliphatic rings. The number of nitrogens with zero attached hydrogens (tertiary/aromatic N) is 1. The largest absolute Gasteiger partial charge is 0.497 e. The first kappa shape index (κ1) is 18.3. The lowest BCUT2D eigenvalue weighted by molar-refractivity contribution is -0.137. The maximum Gasteiger partial charge on any atom is 0.323 e. The molecule has 1 amide bonds. The van der Waals surface area contributed by atoms with Crippen LogP contribution in [0.2, 0.25) is 0 Å². The van der Waals surface area contributed by atoms with E-state index >= 15 is 0 Å². The molecule has 0 saturated heterocycles. The highest BCUT2D eigenvalue weighted by molar-refractivity contribution is 5.98. The van der Waals surface area contributed by atoms with E-state index in [4.69, 9.17) is 14.6 Å². The Morgan fingerprint density at radius 1 is 1.04 bits per heavy atom. The third kappa shape index (κ3) is 4.97. The van der Waals surface area contributed by atoms with Gasteiger partial charge in [-0.1, -0.05) is 30.3 Å². The summed E-state index contributed by atoms with van der Waals surface area (Å²) in [7, 11) is 2.98. The Morgan fingerprint density at radius 2 is 1.76 bits per heavy atom. The molecule has 0 bridgehead atoms. The number of methoxy groups -OCH3 is 2. The molecule has 0 radical (unpaired) electrons. The van der Waals surface area contributed by atoms with Crippen LogP contribution in [0.25, 0.3) is 0 Å². The zero-order valence-electron chi connectivity index (χ0n) is 14.3. The van der Waals surface area contributed by atoms with Crippen LogP contribution in [-0.4, -0.2) is 49.2 Å². The van der Waals surface area contributed by atoms with E-state index in [1.54, 1.807) is 18.2 Å². The zero-order valence-corrected chi connectivity index (χ0v) is 14.3. The summed E-state index contributed by atoms with van der Waals surface area (Å²) in [5, 5.41) is 9.14. The van der Waals surface area contributed by atoms with Gasteiger partial charge in [-0.15, -0.1) is 0 Å². The van der Waals surface area contributed by atoms with Crippen molar-refractivity contribution in [1.29, 1.82) is 0 Å². The number of carboxylic acids is 1. The quantitative estimate of drug-likeness (QED) is 0.797. The number of rotatable bonds is 8. The van der Waals surface area contributed by atoms with Crippen LogP contribution in [0.1, 0.15) is 15.9 Å². The minimum Gasteiger partial charge on any atom is -0.497 e. The molecule has 25 heavy (non-hydrogen) atoms. The summed E-state index contributed by atoms with van der Waals surface area (Å²) in [5.41, 5.74) is 1.34. The van der Waals surface area contributed by atoms with Gasteiger partial charge < -0.3 is 19.5 Å². The van der Waals surface area contributed by atoms with E-state index in [-0.39, 0.29) is 6.54 Å². The lowest BCUT2D eigenvalue weighted by Crippen LogP contribution is -2.37. The van der Waals surface area contributed by atoms with Crippen molar-refractivity contribution in [2.75, 3.05) is 27.3 Å². The first-order chi connectivity index (χ1) is 12.0. The first-order valence-electron chi connectivity index (χ1n) is 7.82. The number of carbonyl (C=O) groups is 2. The molecule has 6 nitrogen and oxygen atoms in total. The van der Waals surface area contributed by atoms with Crippen molar-refractivity contribution < 1.29 is 24.2 Å². The molecule has 1 N–H and O–H groups in total. The van der Waals surface area contributed by atoms with E-state index in [1.165, 1.54) is 19.1 Å². The molecule has 0 fully saturated rings. The Balaban J connectivity index is 2.21. The van der Waals surface area contributed by atoms with Crippen LogP contribution >= 0.6 is 0 Å². The van der Waals surface area contributed by atoms with Gasteiger partial charge in [-0.05, 0) is 24.1 Å². The minimum atomic E-state index is -1.06. The molecule has 0 spiro atoms. The third-order valence-corrected chi connectivity index (χ3v) is 3.77. The van der Waals surface area contributed by atoms with Gasteiger partial charge in [0.1, 0.15) is 18.0 Å². The Kier molecular flexibility index (Phi) is 6.39. The summed E-state index contributed by atoms with van der Waals surface area (Å²) in [4.78, 5) is 25.3. The lowest BCUT2D eigenvalue weighted by atomic mass is 10.1. The Morgan fingerprint density at radius 3 is 2.36 bits per heavy atom. The standard InChI is InChI=1S/C19H21NO5/c1-24-15-8-9-16(17(12-15)25-2)19(23)20(13-18(21)22)11-10-14-6-4-3-5-7-14/h3-9,12H,10-11,13H2,1-2H3,(H,21,22). The van der Waals surface area contributed by atoms with Gasteiger partial charge in [0.2, 0.25) is 0 Å². The summed E-state index contributed by atoms with van der Waals surface area (Å²) < 4.78 is 10.4. The molecule has 2 rings (SSSR count).